The summed E-state index contributed by atoms with van der Waals surface area (Å²) in [5, 5.41) is 12.5. The molecule has 12 heteroatoms. The zero-order valence-corrected chi connectivity index (χ0v) is 23.7. The van der Waals surface area contributed by atoms with Crippen LogP contribution in [0.3, 0.4) is 0 Å². The normalized spacial score (nSPS) is 13.3. The molecule has 0 bridgehead atoms. The first-order valence-corrected chi connectivity index (χ1v) is 13.0. The summed E-state index contributed by atoms with van der Waals surface area (Å²) in [6.45, 7) is 12.9. The summed E-state index contributed by atoms with van der Waals surface area (Å²) in [4.78, 5) is 48.0. The third-order valence-corrected chi connectivity index (χ3v) is 5.02. The first kappa shape index (κ1) is 33.5. The second-order valence-corrected chi connectivity index (χ2v) is 9.91. The van der Waals surface area contributed by atoms with Gasteiger partial charge in [-0.25, -0.2) is 14.4 Å². The van der Waals surface area contributed by atoms with E-state index in [1.165, 1.54) is 18.2 Å². The molecule has 2 N–H and O–H groups in total. The van der Waals surface area contributed by atoms with Crippen LogP contribution in [0.25, 0.3) is 0 Å². The molecule has 0 fully saturated rings. The maximum Gasteiger partial charge on any atom is 0.513 e. The van der Waals surface area contributed by atoms with Crippen molar-refractivity contribution in [1.29, 1.82) is 0 Å². The van der Waals surface area contributed by atoms with E-state index in [1.54, 1.807) is 13.8 Å². The van der Waals surface area contributed by atoms with Gasteiger partial charge in [-0.3, -0.25) is 4.79 Å². The van der Waals surface area contributed by atoms with Gasteiger partial charge in [0.05, 0.1) is 13.2 Å². The molecule has 3 atom stereocenters. The standard InChI is InChI=1S/C27H41NO11/c1-8-18(6)36-27(33)37-19(7)13-28-21(24(29)30)11-20-9-10-22(38-25(31)34-14-16(2)3)23(12-20)39-26(32)35-15-17(4)5/h9-10,12,16-19,21,28H,8,11,13-15H2,1-7H3,(H,29,30)/t18?,19?,21-/m0/s1. The Labute approximate surface area is 229 Å². The van der Waals surface area contributed by atoms with E-state index in [0.29, 0.717) is 12.0 Å². The number of nitrogens with one attached hydrogen (secondary N) is 1. The molecular weight excluding hydrogens is 514 g/mol. The summed E-state index contributed by atoms with van der Waals surface area (Å²) in [5.41, 5.74) is 0.453. The maximum atomic E-state index is 12.2. The maximum absolute atomic E-state index is 12.2. The second-order valence-electron chi connectivity index (χ2n) is 9.91. The van der Waals surface area contributed by atoms with Crippen LogP contribution in [-0.2, 0) is 30.2 Å². The zero-order valence-electron chi connectivity index (χ0n) is 23.7. The molecule has 12 nitrogen and oxygen atoms in total. The number of carbonyl (C=O) groups excluding carboxylic acids is 3. The monoisotopic (exact) mass is 555 g/mol. The van der Waals surface area contributed by atoms with Crippen molar-refractivity contribution in [2.75, 3.05) is 19.8 Å². The average molecular weight is 556 g/mol. The molecule has 0 saturated heterocycles. The van der Waals surface area contributed by atoms with Crippen molar-refractivity contribution in [3.63, 3.8) is 0 Å². The number of benzene rings is 1. The van der Waals surface area contributed by atoms with Crippen LogP contribution in [0.2, 0.25) is 0 Å². The SMILES string of the molecule is CCC(C)OC(=O)OC(C)CN[C@@H](Cc1ccc(OC(=O)OCC(C)C)c(OC(=O)OCC(C)C)c1)C(=O)O. The van der Waals surface area contributed by atoms with E-state index in [4.69, 9.17) is 28.4 Å². The van der Waals surface area contributed by atoms with Gasteiger partial charge in [0.1, 0.15) is 18.2 Å². The highest BCUT2D eigenvalue weighted by Gasteiger charge is 2.23. The van der Waals surface area contributed by atoms with Gasteiger partial charge >= 0.3 is 24.4 Å². The highest BCUT2D eigenvalue weighted by molar-refractivity contribution is 5.74. The van der Waals surface area contributed by atoms with Crippen LogP contribution in [0.5, 0.6) is 11.5 Å². The Bertz CT molecular complexity index is 948. The number of carboxylic acids is 1. The molecular formula is C27H41NO11. The number of aliphatic carboxylic acids is 1. The topological polar surface area (TPSA) is 156 Å². The highest BCUT2D eigenvalue weighted by atomic mass is 16.7. The molecule has 0 aromatic heterocycles. The fourth-order valence-electron chi connectivity index (χ4n) is 2.82. The lowest BCUT2D eigenvalue weighted by Gasteiger charge is -2.20. The van der Waals surface area contributed by atoms with Gasteiger partial charge in [-0.05, 0) is 56.2 Å². The molecule has 1 rings (SSSR count). The summed E-state index contributed by atoms with van der Waals surface area (Å²) in [7, 11) is 0. The molecule has 1 aromatic rings. The van der Waals surface area contributed by atoms with Crippen molar-refractivity contribution in [2.24, 2.45) is 11.8 Å². The van der Waals surface area contributed by atoms with E-state index in [2.05, 4.69) is 5.32 Å². The van der Waals surface area contributed by atoms with Crippen molar-refractivity contribution in [3.8, 4) is 11.5 Å². The van der Waals surface area contributed by atoms with E-state index in [0.717, 1.165) is 0 Å². The number of hydrogen-bond donors (Lipinski definition) is 2. The molecule has 0 aliphatic carbocycles. The van der Waals surface area contributed by atoms with E-state index in [9.17, 15) is 24.3 Å². The van der Waals surface area contributed by atoms with Gasteiger partial charge in [-0.2, -0.15) is 0 Å². The predicted octanol–water partition coefficient (Wildman–Crippen LogP) is 4.95. The number of rotatable bonds is 15. The molecule has 0 saturated carbocycles. The van der Waals surface area contributed by atoms with Gasteiger partial charge in [0.2, 0.25) is 0 Å². The molecule has 0 aliphatic heterocycles. The minimum Gasteiger partial charge on any atom is -0.480 e. The second kappa shape index (κ2) is 17.1. The fraction of sp³-hybridized carbons (Fsp3) is 0.630. The van der Waals surface area contributed by atoms with Crippen LogP contribution in [0.1, 0.15) is 60.5 Å². The quantitative estimate of drug-likeness (QED) is 0.171. The Morgan fingerprint density at radius 3 is 1.85 bits per heavy atom. The molecule has 0 aliphatic rings. The number of ether oxygens (including phenoxy) is 6. The first-order valence-electron chi connectivity index (χ1n) is 13.0. The summed E-state index contributed by atoms with van der Waals surface area (Å²) in [6, 6.07) is 3.19. The summed E-state index contributed by atoms with van der Waals surface area (Å²) in [6.07, 6.45) is -3.19. The molecule has 0 radical (unpaired) electrons. The van der Waals surface area contributed by atoms with Crippen LogP contribution in [0.15, 0.2) is 18.2 Å². The molecule has 39 heavy (non-hydrogen) atoms. The van der Waals surface area contributed by atoms with Crippen LogP contribution >= 0.6 is 0 Å². The van der Waals surface area contributed by atoms with Gasteiger partial charge < -0.3 is 38.8 Å². The molecule has 1 aromatic carbocycles. The molecule has 2 unspecified atom stereocenters. The summed E-state index contributed by atoms with van der Waals surface area (Å²) < 4.78 is 30.7. The predicted molar refractivity (Wildman–Crippen MR) is 140 cm³/mol. The molecule has 0 spiro atoms. The smallest absolute Gasteiger partial charge is 0.480 e. The van der Waals surface area contributed by atoms with Crippen molar-refractivity contribution >= 4 is 24.4 Å². The van der Waals surface area contributed by atoms with Crippen LogP contribution in [0, 0.1) is 11.8 Å². The molecule has 0 heterocycles. The van der Waals surface area contributed by atoms with E-state index < -0.39 is 36.6 Å². The third-order valence-electron chi connectivity index (χ3n) is 5.02. The van der Waals surface area contributed by atoms with Gasteiger partial charge in [0.15, 0.2) is 11.5 Å². The van der Waals surface area contributed by atoms with Crippen molar-refractivity contribution in [3.05, 3.63) is 23.8 Å². The van der Waals surface area contributed by atoms with Crippen molar-refractivity contribution < 1.29 is 52.7 Å². The van der Waals surface area contributed by atoms with Crippen LogP contribution in [-0.4, -0.2) is 67.6 Å². The highest BCUT2D eigenvalue weighted by Crippen LogP contribution is 2.30. The Morgan fingerprint density at radius 1 is 0.795 bits per heavy atom. The summed E-state index contributed by atoms with van der Waals surface area (Å²) in [5.74, 6) is -1.25. The lowest BCUT2D eigenvalue weighted by molar-refractivity contribution is -0.139. The zero-order chi connectivity index (χ0) is 29.5. The third kappa shape index (κ3) is 14.3. The van der Waals surface area contributed by atoms with Crippen LogP contribution < -0.4 is 14.8 Å². The largest absolute Gasteiger partial charge is 0.513 e. The lowest BCUT2D eigenvalue weighted by Crippen LogP contribution is -2.42. The average Bonchev–Trinajstić information content (AvgIpc) is 2.85. The van der Waals surface area contributed by atoms with Gasteiger partial charge in [0.25, 0.3) is 0 Å². The van der Waals surface area contributed by atoms with E-state index in [-0.39, 0.29) is 55.6 Å². The minimum atomic E-state index is -1.15. The van der Waals surface area contributed by atoms with Crippen LogP contribution in [0.4, 0.5) is 14.4 Å². The number of carboxylic acid groups (broad SMARTS) is 1. The minimum absolute atomic E-state index is 0.0329. The van der Waals surface area contributed by atoms with E-state index in [1.807, 2.05) is 34.6 Å². The Hall–Kier alpha value is -3.54. The lowest BCUT2D eigenvalue weighted by atomic mass is 10.0. The Balaban J connectivity index is 2.96. The molecule has 220 valence electrons. The Kier molecular flexibility index (Phi) is 14.7. The number of hydrogen-bond acceptors (Lipinski definition) is 11. The fourth-order valence-corrected chi connectivity index (χ4v) is 2.82. The van der Waals surface area contributed by atoms with Gasteiger partial charge in [-0.1, -0.05) is 40.7 Å². The van der Waals surface area contributed by atoms with Gasteiger partial charge in [-0.15, -0.1) is 0 Å². The van der Waals surface area contributed by atoms with Gasteiger partial charge in [0, 0.05) is 6.54 Å². The first-order chi connectivity index (χ1) is 18.3. The molecule has 0 amide bonds. The summed E-state index contributed by atoms with van der Waals surface area (Å²) >= 11 is 0. The van der Waals surface area contributed by atoms with Crippen molar-refractivity contribution in [2.45, 2.75) is 79.6 Å². The Morgan fingerprint density at radius 2 is 1.33 bits per heavy atom. The van der Waals surface area contributed by atoms with Crippen molar-refractivity contribution in [1.82, 2.24) is 5.32 Å². The number of carbonyl (C=O) groups is 4. The van der Waals surface area contributed by atoms with E-state index >= 15 is 0 Å².